The lowest BCUT2D eigenvalue weighted by molar-refractivity contribution is -0.384. The zero-order chi connectivity index (χ0) is 24.5. The molecule has 2 rings (SSSR count). The van der Waals surface area contributed by atoms with E-state index < -0.39 is 53.0 Å². The number of nitrogens with zero attached hydrogens (tertiary/aromatic N) is 1. The van der Waals surface area contributed by atoms with Crippen molar-refractivity contribution in [3.05, 3.63) is 38.9 Å². The molecule has 180 valence electrons. The van der Waals surface area contributed by atoms with E-state index in [-0.39, 0.29) is 16.6 Å². The van der Waals surface area contributed by atoms with E-state index in [0.717, 1.165) is 38.2 Å². The Labute approximate surface area is 195 Å². The zero-order valence-electron chi connectivity index (χ0n) is 18.4. The maximum atomic E-state index is 12.5. The van der Waals surface area contributed by atoms with E-state index in [1.54, 1.807) is 13.8 Å². The lowest BCUT2D eigenvalue weighted by Crippen LogP contribution is -2.48. The zero-order valence-corrected chi connectivity index (χ0v) is 19.1. The molecule has 11 nitrogen and oxygen atoms in total. The van der Waals surface area contributed by atoms with Crippen LogP contribution in [0, 0.1) is 16.0 Å². The monoisotopic (exact) mass is 482 g/mol. The topological polar surface area (TPSA) is 157 Å². The first-order valence-electron chi connectivity index (χ1n) is 10.6. The number of nitro benzene ring substituents is 1. The molecular formula is C21H27ClN4O7. The molecule has 0 spiro atoms. The lowest BCUT2D eigenvalue weighted by Gasteiger charge is -2.23. The Morgan fingerprint density at radius 2 is 1.85 bits per heavy atom. The van der Waals surface area contributed by atoms with Crippen LogP contribution >= 0.6 is 11.6 Å². The molecule has 1 unspecified atom stereocenters. The number of urea groups is 1. The number of hydrogen-bond acceptors (Lipinski definition) is 7. The van der Waals surface area contributed by atoms with Crippen molar-refractivity contribution in [1.82, 2.24) is 16.0 Å². The molecule has 12 heteroatoms. The predicted octanol–water partition coefficient (Wildman–Crippen LogP) is 2.70. The number of benzene rings is 1. The van der Waals surface area contributed by atoms with Gasteiger partial charge in [0, 0.05) is 17.7 Å². The van der Waals surface area contributed by atoms with E-state index in [4.69, 9.17) is 16.3 Å². The summed E-state index contributed by atoms with van der Waals surface area (Å²) >= 11 is 5.75. The largest absolute Gasteiger partial charge is 0.454 e. The number of nitrogens with one attached hydrogen (secondary N) is 3. The van der Waals surface area contributed by atoms with Gasteiger partial charge in [-0.3, -0.25) is 25.0 Å². The van der Waals surface area contributed by atoms with Crippen LogP contribution in [0.15, 0.2) is 18.2 Å². The van der Waals surface area contributed by atoms with Crippen LogP contribution in [0.5, 0.6) is 0 Å². The van der Waals surface area contributed by atoms with Crippen molar-refractivity contribution in [1.29, 1.82) is 0 Å². The van der Waals surface area contributed by atoms with Crippen molar-refractivity contribution in [2.24, 2.45) is 5.92 Å². The fraction of sp³-hybridized carbons (Fsp3) is 0.524. The van der Waals surface area contributed by atoms with Gasteiger partial charge in [0.25, 0.3) is 17.5 Å². The van der Waals surface area contributed by atoms with Crippen LogP contribution in [0.1, 0.15) is 56.3 Å². The third kappa shape index (κ3) is 8.01. The maximum absolute atomic E-state index is 12.5. The second-order valence-electron chi connectivity index (χ2n) is 8.08. The van der Waals surface area contributed by atoms with Gasteiger partial charge in [0.1, 0.15) is 11.1 Å². The first kappa shape index (κ1) is 26.0. The molecule has 1 aliphatic carbocycles. The Hall–Kier alpha value is -3.21. The molecule has 33 heavy (non-hydrogen) atoms. The molecule has 1 saturated carbocycles. The highest BCUT2D eigenvalue weighted by molar-refractivity contribution is 6.32. The van der Waals surface area contributed by atoms with Gasteiger partial charge in [0.05, 0.1) is 4.92 Å². The number of rotatable bonds is 8. The normalized spacial score (nSPS) is 14.8. The number of ether oxygens (including phenoxy) is 1. The average molecular weight is 483 g/mol. The van der Waals surface area contributed by atoms with E-state index >= 15 is 0 Å². The van der Waals surface area contributed by atoms with Gasteiger partial charge in [-0.2, -0.15) is 0 Å². The van der Waals surface area contributed by atoms with Gasteiger partial charge in [-0.25, -0.2) is 9.59 Å². The summed E-state index contributed by atoms with van der Waals surface area (Å²) in [4.78, 5) is 59.1. The summed E-state index contributed by atoms with van der Waals surface area (Å²) in [5.41, 5.74) is -0.516. The molecule has 0 saturated heterocycles. The Balaban J connectivity index is 1.89. The molecule has 1 aromatic carbocycles. The maximum Gasteiger partial charge on any atom is 0.329 e. The third-order valence-electron chi connectivity index (χ3n) is 5.15. The van der Waals surface area contributed by atoms with Crippen LogP contribution in [0.4, 0.5) is 10.5 Å². The highest BCUT2D eigenvalue weighted by atomic mass is 35.5. The minimum absolute atomic E-state index is 0.0123. The van der Waals surface area contributed by atoms with E-state index in [1.165, 1.54) is 12.1 Å². The number of amides is 4. The summed E-state index contributed by atoms with van der Waals surface area (Å²) in [5, 5.41) is 18.2. The van der Waals surface area contributed by atoms with Gasteiger partial charge in [-0.1, -0.05) is 44.7 Å². The molecule has 1 aromatic rings. The summed E-state index contributed by atoms with van der Waals surface area (Å²) in [6.45, 7) is 2.59. The van der Waals surface area contributed by atoms with Gasteiger partial charge in [-0.15, -0.1) is 0 Å². The fourth-order valence-corrected chi connectivity index (χ4v) is 3.56. The molecule has 1 atom stereocenters. The molecular weight excluding hydrogens is 456 g/mol. The van der Waals surface area contributed by atoms with Crippen LogP contribution < -0.4 is 16.0 Å². The quantitative estimate of drug-likeness (QED) is 0.292. The minimum Gasteiger partial charge on any atom is -0.454 e. The molecule has 0 radical (unpaired) electrons. The molecule has 3 N–H and O–H groups in total. The standard InChI is InChI=1S/C21H27ClN4O7/c1-12(2)18(25-19(28)13-8-9-15(22)16(10-13)26(31)32)20(29)33-11-17(27)24-21(30)23-14-6-4-3-5-7-14/h8-10,12,14,18H,3-7,11H2,1-2H3,(H,25,28)(H2,23,24,27,30). The average Bonchev–Trinajstić information content (AvgIpc) is 2.76. The second-order valence-corrected chi connectivity index (χ2v) is 8.49. The summed E-state index contributed by atoms with van der Waals surface area (Å²) < 4.78 is 4.96. The highest BCUT2D eigenvalue weighted by Gasteiger charge is 2.28. The van der Waals surface area contributed by atoms with Crippen molar-refractivity contribution in [3.63, 3.8) is 0 Å². The molecule has 4 amide bonds. The van der Waals surface area contributed by atoms with Crippen LogP contribution in [-0.2, 0) is 14.3 Å². The molecule has 1 aliphatic rings. The SMILES string of the molecule is CC(C)C(NC(=O)c1ccc(Cl)c([N+](=O)[O-])c1)C(=O)OCC(=O)NC(=O)NC1CCCCC1. The highest BCUT2D eigenvalue weighted by Crippen LogP contribution is 2.25. The Morgan fingerprint density at radius 3 is 2.45 bits per heavy atom. The summed E-state index contributed by atoms with van der Waals surface area (Å²) in [6.07, 6.45) is 4.85. The third-order valence-corrected chi connectivity index (χ3v) is 5.47. The molecule has 0 bridgehead atoms. The van der Waals surface area contributed by atoms with Crippen molar-refractivity contribution in [3.8, 4) is 0 Å². The predicted molar refractivity (Wildman–Crippen MR) is 119 cm³/mol. The summed E-state index contributed by atoms with van der Waals surface area (Å²) in [5.74, 6) is -2.86. The van der Waals surface area contributed by atoms with Gasteiger partial charge >= 0.3 is 12.0 Å². The number of carbonyl (C=O) groups excluding carboxylic acids is 4. The Bertz CT molecular complexity index is 916. The smallest absolute Gasteiger partial charge is 0.329 e. The number of imide groups is 1. The van der Waals surface area contributed by atoms with E-state index in [0.29, 0.717) is 0 Å². The van der Waals surface area contributed by atoms with E-state index in [9.17, 15) is 29.3 Å². The number of esters is 1. The summed E-state index contributed by atoms with van der Waals surface area (Å²) in [6, 6.07) is 1.72. The Kier molecular flexibility index (Phi) is 9.58. The van der Waals surface area contributed by atoms with Gasteiger partial charge in [-0.05, 0) is 30.9 Å². The van der Waals surface area contributed by atoms with Gasteiger partial charge in [0.2, 0.25) is 0 Å². The minimum atomic E-state index is -1.13. The van der Waals surface area contributed by atoms with Crippen LogP contribution in [0.25, 0.3) is 0 Å². The van der Waals surface area contributed by atoms with Crippen molar-refractivity contribution in [2.45, 2.75) is 58.0 Å². The Morgan fingerprint density at radius 1 is 1.18 bits per heavy atom. The number of carbonyl (C=O) groups is 4. The molecule has 0 aromatic heterocycles. The first-order valence-corrected chi connectivity index (χ1v) is 11.0. The van der Waals surface area contributed by atoms with Crippen molar-refractivity contribution in [2.75, 3.05) is 6.61 Å². The molecule has 1 fully saturated rings. The fourth-order valence-electron chi connectivity index (χ4n) is 3.37. The van der Waals surface area contributed by atoms with Crippen LogP contribution in [-0.4, -0.2) is 47.4 Å². The van der Waals surface area contributed by atoms with Gasteiger partial charge < -0.3 is 15.4 Å². The van der Waals surface area contributed by atoms with E-state index in [2.05, 4.69) is 16.0 Å². The van der Waals surface area contributed by atoms with Crippen molar-refractivity contribution < 1.29 is 28.8 Å². The van der Waals surface area contributed by atoms with E-state index in [1.807, 2.05) is 0 Å². The lowest BCUT2D eigenvalue weighted by atomic mass is 9.96. The molecule has 0 aliphatic heterocycles. The summed E-state index contributed by atoms with van der Waals surface area (Å²) in [7, 11) is 0. The second kappa shape index (κ2) is 12.1. The van der Waals surface area contributed by atoms with Crippen LogP contribution in [0.2, 0.25) is 5.02 Å². The first-order chi connectivity index (χ1) is 15.6. The van der Waals surface area contributed by atoms with Crippen LogP contribution in [0.3, 0.4) is 0 Å². The van der Waals surface area contributed by atoms with Gasteiger partial charge in [0.15, 0.2) is 6.61 Å². The molecule has 0 heterocycles. The number of hydrogen-bond donors (Lipinski definition) is 3. The van der Waals surface area contributed by atoms with Crippen molar-refractivity contribution >= 4 is 41.1 Å². The number of halogens is 1. The number of nitro groups is 1.